The molecule has 0 bridgehead atoms. The summed E-state index contributed by atoms with van der Waals surface area (Å²) in [5.74, 6) is 0. The predicted octanol–water partition coefficient (Wildman–Crippen LogP) is 3.60. The second kappa shape index (κ2) is 10.1. The SMILES string of the molecule is C=C[Si](CC)([N+](CCC)(CCC)C(N)=O)[N+](CCC)(CCC)C(N)=O. The Hall–Kier alpha value is -1.18. The van der Waals surface area contributed by atoms with Gasteiger partial charge < -0.3 is 11.5 Å². The summed E-state index contributed by atoms with van der Waals surface area (Å²) in [6.07, 6.45) is 3.29. The van der Waals surface area contributed by atoms with Gasteiger partial charge in [0.05, 0.1) is 32.2 Å². The normalized spacial score (nSPS) is 12.8. The Bertz CT molecular complexity index is 422. The first kappa shape index (κ1) is 23.8. The van der Waals surface area contributed by atoms with Crippen LogP contribution in [0.15, 0.2) is 12.3 Å². The minimum absolute atomic E-state index is 0.170. The number of carbonyl (C=O) groups excluding carboxylic acids is 2. The van der Waals surface area contributed by atoms with E-state index in [4.69, 9.17) is 11.5 Å². The number of rotatable bonds is 12. The molecule has 146 valence electrons. The molecule has 0 aromatic heterocycles. The van der Waals surface area contributed by atoms with E-state index in [-0.39, 0.29) is 20.4 Å². The summed E-state index contributed by atoms with van der Waals surface area (Å²) in [6.45, 7) is 17.0. The lowest BCUT2D eigenvalue weighted by Gasteiger charge is -2.53. The lowest BCUT2D eigenvalue weighted by Crippen LogP contribution is -2.87. The Labute approximate surface area is 155 Å². The molecular formula is C18H40N4O2Si+2. The van der Waals surface area contributed by atoms with Crippen LogP contribution in [0.5, 0.6) is 0 Å². The first-order chi connectivity index (χ1) is 11.8. The molecule has 4 N–H and O–H groups in total. The summed E-state index contributed by atoms with van der Waals surface area (Å²) in [4.78, 5) is 25.7. The predicted molar refractivity (Wildman–Crippen MR) is 107 cm³/mol. The maximum absolute atomic E-state index is 12.9. The van der Waals surface area contributed by atoms with E-state index in [1.807, 2.05) is 5.70 Å². The quantitative estimate of drug-likeness (QED) is 0.513. The molecule has 25 heavy (non-hydrogen) atoms. The van der Waals surface area contributed by atoms with Gasteiger partial charge in [-0.05, 0) is 25.7 Å². The number of nitrogens with two attached hydrogens (primary N) is 2. The van der Waals surface area contributed by atoms with Crippen molar-refractivity contribution in [1.82, 2.24) is 0 Å². The van der Waals surface area contributed by atoms with Crippen molar-refractivity contribution in [3.63, 3.8) is 0 Å². The molecule has 7 heteroatoms. The van der Waals surface area contributed by atoms with E-state index >= 15 is 0 Å². The van der Waals surface area contributed by atoms with Gasteiger partial charge >= 0.3 is 20.5 Å². The largest absolute Gasteiger partial charge is 0.565 e. The number of urea groups is 2. The maximum atomic E-state index is 12.9. The van der Waals surface area contributed by atoms with E-state index in [1.54, 1.807) is 0 Å². The molecule has 0 heterocycles. The van der Waals surface area contributed by atoms with Crippen molar-refractivity contribution in [2.24, 2.45) is 11.5 Å². The smallest absolute Gasteiger partial charge is 0.320 e. The minimum atomic E-state index is -2.82. The molecule has 0 aromatic rings. The molecule has 0 saturated carbocycles. The molecule has 0 unspecified atom stereocenters. The number of amides is 4. The molecular weight excluding hydrogens is 332 g/mol. The first-order valence-corrected chi connectivity index (χ1v) is 11.9. The minimum Gasteiger partial charge on any atom is -0.320 e. The summed E-state index contributed by atoms with van der Waals surface area (Å²) >= 11 is 0. The Morgan fingerprint density at radius 1 is 0.800 bits per heavy atom. The van der Waals surface area contributed by atoms with Crippen molar-refractivity contribution >= 4 is 20.5 Å². The van der Waals surface area contributed by atoms with E-state index in [9.17, 15) is 9.59 Å². The highest BCUT2D eigenvalue weighted by Crippen LogP contribution is 2.37. The van der Waals surface area contributed by atoms with Gasteiger partial charge in [0.25, 0.3) is 0 Å². The zero-order valence-electron chi connectivity index (χ0n) is 17.0. The zero-order valence-corrected chi connectivity index (χ0v) is 18.0. The van der Waals surface area contributed by atoms with Gasteiger partial charge in [0.2, 0.25) is 0 Å². The highest BCUT2D eigenvalue weighted by molar-refractivity contribution is 6.73. The molecule has 0 aliphatic heterocycles. The molecule has 0 rings (SSSR count). The fourth-order valence-corrected chi connectivity index (χ4v) is 11.0. The molecule has 0 atom stereocenters. The standard InChI is InChI=1S/C18H38N4O2Si/c1-7-13-21(14-8-2,17(19)23)25(11-5,12-6)22(15-9-3,16-10-4)18(20)24/h11H,5,7-10,12-16H2,1-4,6H3,(H2-2,19,20,23,24)/p+2. The number of hydrogen-bond donors (Lipinski definition) is 2. The Morgan fingerprint density at radius 3 is 1.20 bits per heavy atom. The molecule has 0 radical (unpaired) electrons. The summed E-state index contributed by atoms with van der Waals surface area (Å²) in [5.41, 5.74) is 14.0. The second-order valence-corrected chi connectivity index (χ2v) is 11.5. The highest BCUT2D eigenvalue weighted by atomic mass is 28.4. The van der Waals surface area contributed by atoms with Gasteiger partial charge in [0.15, 0.2) is 0 Å². The average molecular weight is 373 g/mol. The second-order valence-electron chi connectivity index (χ2n) is 6.94. The molecule has 0 fully saturated rings. The topological polar surface area (TPSA) is 86.2 Å². The van der Waals surface area contributed by atoms with Gasteiger partial charge in [0.1, 0.15) is 0 Å². The molecule has 0 aromatic carbocycles. The van der Waals surface area contributed by atoms with E-state index in [1.165, 1.54) is 0 Å². The molecule has 0 aliphatic carbocycles. The van der Waals surface area contributed by atoms with Crippen LogP contribution in [-0.4, -0.2) is 54.9 Å². The van der Waals surface area contributed by atoms with Crippen LogP contribution in [-0.2, 0) is 0 Å². The van der Waals surface area contributed by atoms with Gasteiger partial charge in [-0.3, -0.25) is 0 Å². The number of quaternary nitrogens is 2. The third kappa shape index (κ3) is 3.83. The lowest BCUT2D eigenvalue weighted by atomic mass is 10.3. The summed E-state index contributed by atoms with van der Waals surface area (Å²) in [7, 11) is -2.82. The summed E-state index contributed by atoms with van der Waals surface area (Å²) < 4.78 is 0.339. The van der Waals surface area contributed by atoms with Crippen molar-refractivity contribution in [3.8, 4) is 0 Å². The Morgan fingerprint density at radius 2 is 1.08 bits per heavy atom. The van der Waals surface area contributed by atoms with Gasteiger partial charge in [-0.2, -0.15) is 0 Å². The molecule has 0 spiro atoms. The molecule has 6 nitrogen and oxygen atoms in total. The number of primary amides is 2. The van der Waals surface area contributed by atoms with Crippen LogP contribution in [0, 0.1) is 0 Å². The van der Waals surface area contributed by atoms with Crippen molar-refractivity contribution < 1.29 is 17.9 Å². The van der Waals surface area contributed by atoms with Crippen molar-refractivity contribution in [2.45, 2.75) is 66.3 Å². The molecule has 4 amide bonds. The average Bonchev–Trinajstić information content (AvgIpc) is 2.56. The van der Waals surface area contributed by atoms with Gasteiger partial charge in [-0.25, -0.2) is 17.9 Å². The van der Waals surface area contributed by atoms with Crippen molar-refractivity contribution in [1.29, 1.82) is 0 Å². The number of hydrogen-bond acceptors (Lipinski definition) is 2. The van der Waals surface area contributed by atoms with E-state index in [0.717, 1.165) is 25.7 Å². The van der Waals surface area contributed by atoms with Gasteiger partial charge in [0, 0.05) is 5.70 Å². The maximum Gasteiger partial charge on any atom is 0.565 e. The number of carbonyl (C=O) groups is 2. The van der Waals surface area contributed by atoms with Crippen LogP contribution in [0.2, 0.25) is 6.04 Å². The van der Waals surface area contributed by atoms with Crippen LogP contribution in [0.4, 0.5) is 9.59 Å². The van der Waals surface area contributed by atoms with Crippen molar-refractivity contribution in [3.05, 3.63) is 12.3 Å². The summed E-state index contributed by atoms with van der Waals surface area (Å²) in [6, 6.07) is 0.0312. The van der Waals surface area contributed by atoms with E-state index in [2.05, 4.69) is 41.2 Å². The van der Waals surface area contributed by atoms with Crippen molar-refractivity contribution in [2.75, 3.05) is 26.2 Å². The first-order valence-electron chi connectivity index (χ1n) is 9.73. The highest BCUT2D eigenvalue weighted by Gasteiger charge is 2.73. The summed E-state index contributed by atoms with van der Waals surface area (Å²) in [5, 5.41) is 0. The fourth-order valence-electron chi connectivity index (χ4n) is 4.81. The monoisotopic (exact) mass is 372 g/mol. The van der Waals surface area contributed by atoms with E-state index < -0.39 is 8.40 Å². The third-order valence-electron chi connectivity index (χ3n) is 5.59. The zero-order chi connectivity index (χ0) is 19.7. The fraction of sp³-hybridized carbons (Fsp3) is 0.778. The molecule has 0 saturated heterocycles. The third-order valence-corrected chi connectivity index (χ3v) is 11.6. The number of nitrogens with zero attached hydrogens (tertiary/aromatic N) is 2. The Balaban J connectivity index is 6.97. The van der Waals surface area contributed by atoms with Crippen LogP contribution >= 0.6 is 0 Å². The lowest BCUT2D eigenvalue weighted by molar-refractivity contribution is -0.868. The molecule has 0 aliphatic rings. The van der Waals surface area contributed by atoms with Gasteiger partial charge in [-0.1, -0.05) is 41.2 Å². The van der Waals surface area contributed by atoms with E-state index in [0.29, 0.717) is 32.2 Å². The van der Waals surface area contributed by atoms with Crippen LogP contribution in [0.1, 0.15) is 60.3 Å². The van der Waals surface area contributed by atoms with Crippen LogP contribution in [0.25, 0.3) is 0 Å². The Kier molecular flexibility index (Phi) is 9.61. The van der Waals surface area contributed by atoms with Crippen LogP contribution in [0.3, 0.4) is 0 Å². The van der Waals surface area contributed by atoms with Gasteiger partial charge in [-0.15, -0.1) is 0 Å². The van der Waals surface area contributed by atoms with Crippen LogP contribution < -0.4 is 11.5 Å².